The summed E-state index contributed by atoms with van der Waals surface area (Å²) in [5.41, 5.74) is 1.46. The van der Waals surface area contributed by atoms with E-state index in [0.717, 1.165) is 31.5 Å². The summed E-state index contributed by atoms with van der Waals surface area (Å²) in [4.78, 5) is 12.1. The predicted octanol–water partition coefficient (Wildman–Crippen LogP) is 3.52. The predicted molar refractivity (Wildman–Crippen MR) is 86.4 cm³/mol. The van der Waals surface area contributed by atoms with Gasteiger partial charge in [0.05, 0.1) is 0 Å². The maximum atomic E-state index is 13.0. The lowest BCUT2D eigenvalue weighted by molar-refractivity contribution is -0.117. The van der Waals surface area contributed by atoms with Gasteiger partial charge in [0.25, 0.3) is 0 Å². The molecule has 0 saturated carbocycles. The second-order valence-corrected chi connectivity index (χ2v) is 5.78. The fourth-order valence-corrected chi connectivity index (χ4v) is 2.84. The van der Waals surface area contributed by atoms with Crippen molar-refractivity contribution in [1.82, 2.24) is 5.32 Å². The van der Waals surface area contributed by atoms with Crippen molar-refractivity contribution in [2.24, 2.45) is 11.8 Å². The van der Waals surface area contributed by atoms with E-state index in [1.54, 1.807) is 13.0 Å². The van der Waals surface area contributed by atoms with Gasteiger partial charge in [0.15, 0.2) is 0 Å². The number of benzene rings is 1. The number of hydrogen-bond acceptors (Lipinski definition) is 2. The van der Waals surface area contributed by atoms with Crippen LogP contribution in [0.25, 0.3) is 0 Å². The number of carbonyl (C=O) groups is 1. The maximum Gasteiger partial charge on any atom is 0.224 e. The highest BCUT2D eigenvalue weighted by atomic mass is 35.5. The van der Waals surface area contributed by atoms with E-state index in [1.165, 1.54) is 12.1 Å². The van der Waals surface area contributed by atoms with Crippen LogP contribution >= 0.6 is 12.4 Å². The number of aryl methyl sites for hydroxylation is 1. The molecule has 118 valence electrons. The van der Waals surface area contributed by atoms with Crippen LogP contribution in [-0.4, -0.2) is 19.0 Å². The van der Waals surface area contributed by atoms with Gasteiger partial charge in [0.1, 0.15) is 5.82 Å². The normalized spacial score (nSPS) is 16.9. The summed E-state index contributed by atoms with van der Waals surface area (Å²) >= 11 is 0. The molecule has 2 rings (SSSR count). The smallest absolute Gasteiger partial charge is 0.224 e. The molecule has 1 unspecified atom stereocenters. The third kappa shape index (κ3) is 5.29. The van der Waals surface area contributed by atoms with Crippen LogP contribution in [0.4, 0.5) is 10.1 Å². The monoisotopic (exact) mass is 314 g/mol. The quantitative estimate of drug-likeness (QED) is 0.893. The van der Waals surface area contributed by atoms with Gasteiger partial charge in [-0.25, -0.2) is 4.39 Å². The van der Waals surface area contributed by atoms with Gasteiger partial charge in [0, 0.05) is 12.1 Å². The number of rotatable bonds is 4. The van der Waals surface area contributed by atoms with Crippen molar-refractivity contribution in [3.8, 4) is 0 Å². The minimum absolute atomic E-state index is 0. The van der Waals surface area contributed by atoms with Gasteiger partial charge in [-0.2, -0.15) is 0 Å². The SMILES string of the molecule is Cc1cc(F)ccc1NC(=O)CC(C)C1CCNCC1.Cl. The standard InChI is InChI=1S/C16H23FN2O.ClH/c1-11(13-5-7-18-8-6-13)10-16(20)19-15-4-3-14(17)9-12(15)2;/h3-4,9,11,13,18H,5-8,10H2,1-2H3,(H,19,20);1H. The van der Waals surface area contributed by atoms with Gasteiger partial charge < -0.3 is 10.6 Å². The molecule has 1 aromatic rings. The van der Waals surface area contributed by atoms with Crippen LogP contribution in [0.3, 0.4) is 0 Å². The molecule has 0 aromatic heterocycles. The van der Waals surface area contributed by atoms with Gasteiger partial charge in [0.2, 0.25) is 5.91 Å². The summed E-state index contributed by atoms with van der Waals surface area (Å²) in [5.74, 6) is 0.753. The van der Waals surface area contributed by atoms with Gasteiger partial charge >= 0.3 is 0 Å². The third-order valence-corrected chi connectivity index (χ3v) is 4.16. The average Bonchev–Trinajstić information content (AvgIpc) is 2.43. The lowest BCUT2D eigenvalue weighted by Crippen LogP contribution is -2.32. The zero-order valence-corrected chi connectivity index (χ0v) is 13.4. The van der Waals surface area contributed by atoms with Crippen LogP contribution in [-0.2, 0) is 4.79 Å². The summed E-state index contributed by atoms with van der Waals surface area (Å²) < 4.78 is 13.0. The van der Waals surface area contributed by atoms with E-state index in [4.69, 9.17) is 0 Å². The molecule has 1 atom stereocenters. The van der Waals surface area contributed by atoms with Gasteiger partial charge in [-0.05, 0) is 68.5 Å². The highest BCUT2D eigenvalue weighted by Crippen LogP contribution is 2.25. The molecule has 21 heavy (non-hydrogen) atoms. The Morgan fingerprint density at radius 1 is 1.43 bits per heavy atom. The van der Waals surface area contributed by atoms with E-state index in [-0.39, 0.29) is 24.1 Å². The molecule has 3 nitrogen and oxygen atoms in total. The summed E-state index contributed by atoms with van der Waals surface area (Å²) in [6.45, 7) is 6.05. The molecular weight excluding hydrogens is 291 g/mol. The highest BCUT2D eigenvalue weighted by Gasteiger charge is 2.22. The minimum Gasteiger partial charge on any atom is -0.326 e. The van der Waals surface area contributed by atoms with Crippen molar-refractivity contribution in [2.75, 3.05) is 18.4 Å². The average molecular weight is 315 g/mol. The van der Waals surface area contributed by atoms with E-state index in [1.807, 2.05) is 0 Å². The molecule has 0 spiro atoms. The molecule has 5 heteroatoms. The fraction of sp³-hybridized carbons (Fsp3) is 0.562. The van der Waals surface area contributed by atoms with E-state index in [9.17, 15) is 9.18 Å². The lowest BCUT2D eigenvalue weighted by atomic mass is 9.84. The molecular formula is C16H24ClFN2O. The Balaban J connectivity index is 0.00000220. The molecule has 0 bridgehead atoms. The van der Waals surface area contributed by atoms with Gasteiger partial charge in [-0.15, -0.1) is 12.4 Å². The van der Waals surface area contributed by atoms with Crippen LogP contribution in [0.15, 0.2) is 18.2 Å². The highest BCUT2D eigenvalue weighted by molar-refractivity contribution is 5.91. The van der Waals surface area contributed by atoms with Crippen LogP contribution in [0, 0.1) is 24.6 Å². The zero-order chi connectivity index (χ0) is 14.5. The fourth-order valence-electron chi connectivity index (χ4n) is 2.84. The van der Waals surface area contributed by atoms with E-state index in [2.05, 4.69) is 17.6 Å². The molecule has 1 aliphatic rings. The van der Waals surface area contributed by atoms with E-state index in [0.29, 0.717) is 23.9 Å². The molecule has 1 amide bonds. The largest absolute Gasteiger partial charge is 0.326 e. The molecule has 1 aliphatic heterocycles. The Kier molecular flexibility index (Phi) is 7.12. The molecule has 1 heterocycles. The van der Waals surface area contributed by atoms with E-state index >= 15 is 0 Å². The Hall–Kier alpha value is -1.13. The van der Waals surface area contributed by atoms with Crippen molar-refractivity contribution >= 4 is 24.0 Å². The van der Waals surface area contributed by atoms with Crippen molar-refractivity contribution in [1.29, 1.82) is 0 Å². The first-order valence-corrected chi connectivity index (χ1v) is 7.33. The maximum absolute atomic E-state index is 13.0. The van der Waals surface area contributed by atoms with Crippen LogP contribution in [0.5, 0.6) is 0 Å². The number of piperidine rings is 1. The molecule has 0 aliphatic carbocycles. The second kappa shape index (κ2) is 8.35. The molecule has 2 N–H and O–H groups in total. The Bertz CT molecular complexity index is 475. The summed E-state index contributed by atoms with van der Waals surface area (Å²) in [7, 11) is 0. The summed E-state index contributed by atoms with van der Waals surface area (Å²) in [5, 5.41) is 6.23. The Morgan fingerprint density at radius 3 is 2.71 bits per heavy atom. The molecule has 1 fully saturated rings. The number of halogens is 2. The van der Waals surface area contributed by atoms with Crippen LogP contribution in [0.2, 0.25) is 0 Å². The third-order valence-electron chi connectivity index (χ3n) is 4.16. The zero-order valence-electron chi connectivity index (χ0n) is 12.6. The first-order chi connectivity index (χ1) is 9.56. The second-order valence-electron chi connectivity index (χ2n) is 5.78. The first-order valence-electron chi connectivity index (χ1n) is 7.33. The van der Waals surface area contributed by atoms with Crippen molar-refractivity contribution < 1.29 is 9.18 Å². The summed E-state index contributed by atoms with van der Waals surface area (Å²) in [6.07, 6.45) is 2.82. The van der Waals surface area contributed by atoms with Crippen molar-refractivity contribution in [3.05, 3.63) is 29.6 Å². The number of anilines is 1. The number of carbonyl (C=O) groups excluding carboxylic acids is 1. The van der Waals surface area contributed by atoms with Gasteiger partial charge in [-0.3, -0.25) is 4.79 Å². The Labute approximate surface area is 132 Å². The lowest BCUT2D eigenvalue weighted by Gasteiger charge is -2.27. The molecule has 1 aromatic carbocycles. The Morgan fingerprint density at radius 2 is 2.10 bits per heavy atom. The molecule has 0 radical (unpaired) electrons. The van der Waals surface area contributed by atoms with Crippen molar-refractivity contribution in [2.45, 2.75) is 33.1 Å². The van der Waals surface area contributed by atoms with Gasteiger partial charge in [-0.1, -0.05) is 6.92 Å². The van der Waals surface area contributed by atoms with Crippen LogP contribution < -0.4 is 10.6 Å². The molecule has 1 saturated heterocycles. The number of hydrogen-bond donors (Lipinski definition) is 2. The van der Waals surface area contributed by atoms with Crippen LogP contribution in [0.1, 0.15) is 31.7 Å². The minimum atomic E-state index is -0.274. The summed E-state index contributed by atoms with van der Waals surface area (Å²) in [6, 6.07) is 4.43. The number of amides is 1. The van der Waals surface area contributed by atoms with Crippen molar-refractivity contribution in [3.63, 3.8) is 0 Å². The topological polar surface area (TPSA) is 41.1 Å². The number of nitrogens with one attached hydrogen (secondary N) is 2. The first kappa shape index (κ1) is 17.9. The van der Waals surface area contributed by atoms with E-state index < -0.39 is 0 Å².